The molecule has 0 spiro atoms. The fourth-order valence-corrected chi connectivity index (χ4v) is 2.92. The van der Waals surface area contributed by atoms with Gasteiger partial charge in [0.1, 0.15) is 0 Å². The first-order chi connectivity index (χ1) is 9.20. The third kappa shape index (κ3) is 2.42. The minimum Gasteiger partial charge on any atom is -0.369 e. The number of hydrogen-bond donors (Lipinski definition) is 1. The Hall–Kier alpha value is -1.26. The maximum Gasteiger partial charge on any atom is 0.201 e. The van der Waals surface area contributed by atoms with Crippen LogP contribution in [0.5, 0.6) is 0 Å². The normalized spacial score (nSPS) is 15.5. The van der Waals surface area contributed by atoms with Crippen molar-refractivity contribution >= 4 is 28.6 Å². The number of fused-ring (bicyclic) bond motifs is 1. The zero-order valence-electron chi connectivity index (χ0n) is 11.1. The van der Waals surface area contributed by atoms with Gasteiger partial charge in [-0.2, -0.15) is 0 Å². The van der Waals surface area contributed by atoms with E-state index in [1.807, 2.05) is 22.8 Å². The second-order valence-electron chi connectivity index (χ2n) is 5.09. The van der Waals surface area contributed by atoms with Crippen LogP contribution in [0.15, 0.2) is 18.2 Å². The van der Waals surface area contributed by atoms with Gasteiger partial charge >= 0.3 is 0 Å². The van der Waals surface area contributed by atoms with Crippen molar-refractivity contribution in [3.05, 3.63) is 23.2 Å². The van der Waals surface area contributed by atoms with Crippen LogP contribution in [0.25, 0.3) is 11.0 Å². The molecule has 0 bridgehead atoms. The highest BCUT2D eigenvalue weighted by atomic mass is 35.5. The first kappa shape index (κ1) is 12.8. The number of nitrogens with zero attached hydrogens (tertiary/aromatic N) is 3. The molecule has 3 rings (SSSR count). The molecule has 19 heavy (non-hydrogen) atoms. The van der Waals surface area contributed by atoms with E-state index in [4.69, 9.17) is 17.3 Å². The molecule has 5 heteroatoms. The molecule has 4 nitrogen and oxygen atoms in total. The molecule has 1 heterocycles. The Bertz CT molecular complexity index is 588. The number of halogens is 1. The number of nitrogen functional groups attached to an aromatic ring is 1. The van der Waals surface area contributed by atoms with Gasteiger partial charge in [-0.05, 0) is 31.5 Å². The lowest BCUT2D eigenvalue weighted by molar-refractivity contribution is 0.268. The van der Waals surface area contributed by atoms with Crippen LogP contribution in [0.4, 0.5) is 5.95 Å². The Balaban J connectivity index is 1.85. The first-order valence-electron chi connectivity index (χ1n) is 6.85. The van der Waals surface area contributed by atoms with Gasteiger partial charge in [-0.3, -0.25) is 4.90 Å². The summed E-state index contributed by atoms with van der Waals surface area (Å²) in [4.78, 5) is 6.88. The zero-order valence-corrected chi connectivity index (χ0v) is 11.9. The minimum absolute atomic E-state index is 0.551. The van der Waals surface area contributed by atoms with Crippen LogP contribution in [0.2, 0.25) is 5.02 Å². The third-order valence-electron chi connectivity index (χ3n) is 3.83. The van der Waals surface area contributed by atoms with Gasteiger partial charge in [0, 0.05) is 19.1 Å². The van der Waals surface area contributed by atoms with E-state index in [1.165, 1.54) is 12.8 Å². The van der Waals surface area contributed by atoms with E-state index in [0.29, 0.717) is 5.95 Å². The molecule has 0 aliphatic heterocycles. The van der Waals surface area contributed by atoms with E-state index in [1.54, 1.807) is 0 Å². The molecule has 1 saturated carbocycles. The van der Waals surface area contributed by atoms with E-state index >= 15 is 0 Å². The zero-order chi connectivity index (χ0) is 13.4. The fraction of sp³-hybridized carbons (Fsp3) is 0.500. The van der Waals surface area contributed by atoms with Crippen LogP contribution < -0.4 is 5.73 Å². The quantitative estimate of drug-likeness (QED) is 0.915. The van der Waals surface area contributed by atoms with Crippen molar-refractivity contribution in [1.82, 2.24) is 14.5 Å². The molecule has 102 valence electrons. The molecule has 0 amide bonds. The first-order valence-corrected chi connectivity index (χ1v) is 7.22. The molecule has 1 aliphatic carbocycles. The lowest BCUT2D eigenvalue weighted by atomic mass is 10.3. The smallest absolute Gasteiger partial charge is 0.201 e. The Kier molecular flexibility index (Phi) is 3.37. The molecule has 1 aromatic heterocycles. The molecular formula is C14H19ClN4. The third-order valence-corrected chi connectivity index (χ3v) is 4.13. The summed E-state index contributed by atoms with van der Waals surface area (Å²) < 4.78 is 2.03. The van der Waals surface area contributed by atoms with Crippen molar-refractivity contribution in [3.8, 4) is 0 Å². The number of hydrogen-bond acceptors (Lipinski definition) is 3. The van der Waals surface area contributed by atoms with Crippen molar-refractivity contribution in [1.29, 1.82) is 0 Å². The second kappa shape index (κ2) is 5.02. The van der Waals surface area contributed by atoms with Gasteiger partial charge < -0.3 is 10.3 Å². The van der Waals surface area contributed by atoms with Crippen molar-refractivity contribution < 1.29 is 0 Å². The predicted octanol–water partition coefficient (Wildman–Crippen LogP) is 2.76. The van der Waals surface area contributed by atoms with Gasteiger partial charge in [0.2, 0.25) is 5.95 Å². The summed E-state index contributed by atoms with van der Waals surface area (Å²) in [5.74, 6) is 0.551. The monoisotopic (exact) mass is 278 g/mol. The van der Waals surface area contributed by atoms with Gasteiger partial charge in [-0.25, -0.2) is 4.98 Å². The average molecular weight is 279 g/mol. The number of likely N-dealkylation sites (N-methyl/N-ethyl adjacent to an activating group) is 1. The number of nitrogens with two attached hydrogens (primary N) is 1. The summed E-state index contributed by atoms with van der Waals surface area (Å²) in [6.07, 6.45) is 2.66. The van der Waals surface area contributed by atoms with Crippen molar-refractivity contribution in [2.24, 2.45) is 0 Å². The molecule has 1 fully saturated rings. The Morgan fingerprint density at radius 3 is 2.95 bits per heavy atom. The van der Waals surface area contributed by atoms with Gasteiger partial charge in [0.25, 0.3) is 0 Å². The SMILES string of the molecule is CCN(CCn1c(N)nc2cccc(Cl)c21)C1CC1. The topological polar surface area (TPSA) is 47.1 Å². The summed E-state index contributed by atoms with van der Waals surface area (Å²) in [5.41, 5.74) is 7.84. The number of anilines is 1. The maximum atomic E-state index is 6.27. The number of imidazole rings is 1. The molecule has 0 unspecified atom stereocenters. The van der Waals surface area contributed by atoms with Crippen LogP contribution in [0.1, 0.15) is 19.8 Å². The number of aromatic nitrogens is 2. The number of benzene rings is 1. The van der Waals surface area contributed by atoms with Crippen LogP contribution in [-0.4, -0.2) is 33.6 Å². The van der Waals surface area contributed by atoms with E-state index in [2.05, 4.69) is 16.8 Å². The highest BCUT2D eigenvalue weighted by molar-refractivity contribution is 6.35. The molecule has 1 aromatic carbocycles. The number of rotatable bonds is 5. The van der Waals surface area contributed by atoms with E-state index in [0.717, 1.165) is 41.7 Å². The number of para-hydroxylation sites is 1. The van der Waals surface area contributed by atoms with Crippen LogP contribution in [0.3, 0.4) is 0 Å². The van der Waals surface area contributed by atoms with Crippen molar-refractivity contribution in [3.63, 3.8) is 0 Å². The summed E-state index contributed by atoms with van der Waals surface area (Å²) in [7, 11) is 0. The summed E-state index contributed by atoms with van der Waals surface area (Å²) in [6, 6.07) is 6.52. The van der Waals surface area contributed by atoms with E-state index in [-0.39, 0.29) is 0 Å². The Morgan fingerprint density at radius 2 is 2.26 bits per heavy atom. The summed E-state index contributed by atoms with van der Waals surface area (Å²) in [5, 5.41) is 0.719. The molecular weight excluding hydrogens is 260 g/mol. The maximum absolute atomic E-state index is 6.27. The molecule has 2 N–H and O–H groups in total. The Morgan fingerprint density at radius 1 is 1.47 bits per heavy atom. The predicted molar refractivity (Wildman–Crippen MR) is 79.4 cm³/mol. The van der Waals surface area contributed by atoms with Gasteiger partial charge in [0.15, 0.2) is 0 Å². The van der Waals surface area contributed by atoms with Crippen molar-refractivity contribution in [2.45, 2.75) is 32.4 Å². The minimum atomic E-state index is 0.551. The fourth-order valence-electron chi connectivity index (χ4n) is 2.65. The highest BCUT2D eigenvalue weighted by Crippen LogP contribution is 2.28. The van der Waals surface area contributed by atoms with E-state index in [9.17, 15) is 0 Å². The molecule has 0 radical (unpaired) electrons. The molecule has 0 saturated heterocycles. The van der Waals surface area contributed by atoms with Crippen LogP contribution in [-0.2, 0) is 6.54 Å². The van der Waals surface area contributed by atoms with Crippen LogP contribution in [0, 0.1) is 0 Å². The van der Waals surface area contributed by atoms with Crippen molar-refractivity contribution in [2.75, 3.05) is 18.8 Å². The second-order valence-corrected chi connectivity index (χ2v) is 5.50. The average Bonchev–Trinajstić information content (AvgIpc) is 3.16. The van der Waals surface area contributed by atoms with E-state index < -0.39 is 0 Å². The Labute approximate surface area is 118 Å². The molecule has 2 aromatic rings. The van der Waals surface area contributed by atoms with Gasteiger partial charge in [-0.15, -0.1) is 0 Å². The molecule has 1 aliphatic rings. The lowest BCUT2D eigenvalue weighted by Crippen LogP contribution is -2.29. The summed E-state index contributed by atoms with van der Waals surface area (Å²) >= 11 is 6.27. The van der Waals surface area contributed by atoms with Gasteiger partial charge in [-0.1, -0.05) is 24.6 Å². The van der Waals surface area contributed by atoms with Gasteiger partial charge in [0.05, 0.1) is 16.1 Å². The van der Waals surface area contributed by atoms with Crippen LogP contribution >= 0.6 is 11.6 Å². The lowest BCUT2D eigenvalue weighted by Gasteiger charge is -2.20. The molecule has 0 atom stereocenters. The largest absolute Gasteiger partial charge is 0.369 e. The highest BCUT2D eigenvalue weighted by Gasteiger charge is 2.27. The standard InChI is InChI=1S/C14H19ClN4/c1-2-18(10-6-7-10)8-9-19-13-11(15)4-3-5-12(13)17-14(19)16/h3-5,10H,2,6-9H2,1H3,(H2,16,17). The summed E-state index contributed by atoms with van der Waals surface area (Å²) in [6.45, 7) is 5.14.